The zero-order valence-electron chi connectivity index (χ0n) is 17.7. The largest absolute Gasteiger partial charge is 0.480 e. The van der Waals surface area contributed by atoms with E-state index in [2.05, 4.69) is 5.32 Å². The van der Waals surface area contributed by atoms with Crippen LogP contribution in [0.25, 0.3) is 22.0 Å². The number of aliphatic hydroxyl groups excluding tert-OH is 1. The molecule has 3 N–H and O–H groups in total. The summed E-state index contributed by atoms with van der Waals surface area (Å²) in [5.41, 5.74) is 3.39. The van der Waals surface area contributed by atoms with Gasteiger partial charge in [0, 0.05) is 18.1 Å². The van der Waals surface area contributed by atoms with Gasteiger partial charge in [0.2, 0.25) is 5.43 Å². The summed E-state index contributed by atoms with van der Waals surface area (Å²) in [6.45, 7) is -0.252. The molecule has 7 heteroatoms. The SMILES string of the molecule is O=C(O)CNC(=O)c1cn(Cc2ccccc2)c2ccc(-c3cccc(CO)c3)cc2c1=O. The van der Waals surface area contributed by atoms with Crippen molar-refractivity contribution in [2.45, 2.75) is 13.2 Å². The lowest BCUT2D eigenvalue weighted by atomic mass is 10.00. The summed E-state index contributed by atoms with van der Waals surface area (Å²) in [7, 11) is 0. The minimum Gasteiger partial charge on any atom is -0.480 e. The fourth-order valence-electron chi connectivity index (χ4n) is 3.75. The molecule has 3 aromatic carbocycles. The van der Waals surface area contributed by atoms with Crippen LogP contribution in [0, 0.1) is 0 Å². The fourth-order valence-corrected chi connectivity index (χ4v) is 3.75. The van der Waals surface area contributed by atoms with Crippen LogP contribution in [0.3, 0.4) is 0 Å². The molecule has 4 aromatic rings. The van der Waals surface area contributed by atoms with E-state index in [1.165, 1.54) is 6.20 Å². The highest BCUT2D eigenvalue weighted by molar-refractivity contribution is 5.99. The third-order valence-electron chi connectivity index (χ3n) is 5.36. The molecule has 166 valence electrons. The first-order chi connectivity index (χ1) is 16.0. The van der Waals surface area contributed by atoms with E-state index >= 15 is 0 Å². The minimum absolute atomic E-state index is 0.0980. The second kappa shape index (κ2) is 9.50. The molecule has 33 heavy (non-hydrogen) atoms. The van der Waals surface area contributed by atoms with E-state index in [1.807, 2.05) is 71.3 Å². The maximum Gasteiger partial charge on any atom is 0.322 e. The van der Waals surface area contributed by atoms with Crippen molar-refractivity contribution in [3.8, 4) is 11.1 Å². The van der Waals surface area contributed by atoms with Crippen molar-refractivity contribution < 1.29 is 19.8 Å². The van der Waals surface area contributed by atoms with Crippen molar-refractivity contribution in [1.82, 2.24) is 9.88 Å². The van der Waals surface area contributed by atoms with Crippen molar-refractivity contribution in [3.63, 3.8) is 0 Å². The second-order valence-electron chi connectivity index (χ2n) is 7.65. The smallest absolute Gasteiger partial charge is 0.322 e. The van der Waals surface area contributed by atoms with Gasteiger partial charge in [-0.25, -0.2) is 0 Å². The Labute approximate surface area is 189 Å². The first-order valence-electron chi connectivity index (χ1n) is 10.4. The number of hydrogen-bond donors (Lipinski definition) is 3. The Morgan fingerprint density at radius 3 is 2.33 bits per heavy atom. The van der Waals surface area contributed by atoms with Gasteiger partial charge in [-0.15, -0.1) is 0 Å². The lowest BCUT2D eigenvalue weighted by Gasteiger charge is -2.15. The van der Waals surface area contributed by atoms with Crippen LogP contribution in [0.1, 0.15) is 21.5 Å². The Morgan fingerprint density at radius 2 is 1.61 bits per heavy atom. The summed E-state index contributed by atoms with van der Waals surface area (Å²) in [6, 6.07) is 22.4. The lowest BCUT2D eigenvalue weighted by molar-refractivity contribution is -0.135. The van der Waals surface area contributed by atoms with Crippen LogP contribution in [-0.4, -0.2) is 33.2 Å². The maximum absolute atomic E-state index is 13.3. The predicted octanol–water partition coefficient (Wildman–Crippen LogP) is 3.02. The molecule has 0 bridgehead atoms. The molecular weight excluding hydrogens is 420 g/mol. The Kier molecular flexibility index (Phi) is 6.33. The van der Waals surface area contributed by atoms with Gasteiger partial charge < -0.3 is 20.1 Å². The number of amides is 1. The molecule has 0 unspecified atom stereocenters. The molecule has 4 rings (SSSR count). The molecule has 0 saturated heterocycles. The maximum atomic E-state index is 13.3. The zero-order chi connectivity index (χ0) is 23.4. The van der Waals surface area contributed by atoms with E-state index in [4.69, 9.17) is 5.11 Å². The molecule has 0 radical (unpaired) electrons. The van der Waals surface area contributed by atoms with Crippen LogP contribution in [0.15, 0.2) is 83.8 Å². The summed E-state index contributed by atoms with van der Waals surface area (Å²) in [6.07, 6.45) is 1.47. The molecular formula is C26H22N2O5. The summed E-state index contributed by atoms with van der Waals surface area (Å²) < 4.78 is 1.82. The van der Waals surface area contributed by atoms with Gasteiger partial charge in [-0.3, -0.25) is 14.4 Å². The standard InChI is InChI=1S/C26H22N2O5/c29-16-18-7-4-8-19(11-18)20-9-10-23-21(12-20)25(32)22(26(33)27-13-24(30)31)15-28(23)14-17-5-2-1-3-6-17/h1-12,15,29H,13-14,16H2,(H,27,33)(H,30,31). The molecule has 0 aliphatic carbocycles. The molecule has 0 atom stereocenters. The van der Waals surface area contributed by atoms with Crippen LogP contribution in [0.5, 0.6) is 0 Å². The number of aliphatic hydroxyl groups is 1. The molecule has 7 nitrogen and oxygen atoms in total. The summed E-state index contributed by atoms with van der Waals surface area (Å²) in [5.74, 6) is -1.93. The van der Waals surface area contributed by atoms with Crippen LogP contribution in [0.2, 0.25) is 0 Å². The van der Waals surface area contributed by atoms with Crippen molar-refractivity contribution in [2.75, 3.05) is 6.54 Å². The number of pyridine rings is 1. The highest BCUT2D eigenvalue weighted by Gasteiger charge is 2.17. The van der Waals surface area contributed by atoms with Gasteiger partial charge in [0.1, 0.15) is 12.1 Å². The average molecular weight is 442 g/mol. The number of carbonyl (C=O) groups excluding carboxylic acids is 1. The number of carboxylic acid groups (broad SMARTS) is 1. The number of carboxylic acids is 1. The van der Waals surface area contributed by atoms with Crippen molar-refractivity contribution in [2.24, 2.45) is 0 Å². The van der Waals surface area contributed by atoms with Gasteiger partial charge in [-0.2, -0.15) is 0 Å². The second-order valence-corrected chi connectivity index (χ2v) is 7.65. The van der Waals surface area contributed by atoms with E-state index in [1.54, 1.807) is 6.07 Å². The lowest BCUT2D eigenvalue weighted by Crippen LogP contribution is -2.33. The predicted molar refractivity (Wildman–Crippen MR) is 125 cm³/mol. The van der Waals surface area contributed by atoms with Gasteiger partial charge in [-0.1, -0.05) is 54.6 Å². The highest BCUT2D eigenvalue weighted by atomic mass is 16.4. The Morgan fingerprint density at radius 1 is 0.879 bits per heavy atom. The number of hydrogen-bond acceptors (Lipinski definition) is 4. The monoisotopic (exact) mass is 442 g/mol. The summed E-state index contributed by atoms with van der Waals surface area (Å²) >= 11 is 0. The number of rotatable bonds is 7. The van der Waals surface area contributed by atoms with Crippen molar-refractivity contribution in [3.05, 3.63) is 106 Å². The third kappa shape index (κ3) is 4.83. The Hall–Kier alpha value is -4.23. The number of nitrogens with one attached hydrogen (secondary N) is 1. The molecule has 0 aliphatic rings. The molecule has 0 spiro atoms. The van der Waals surface area contributed by atoms with Crippen LogP contribution >= 0.6 is 0 Å². The van der Waals surface area contributed by atoms with E-state index in [0.29, 0.717) is 17.4 Å². The van der Waals surface area contributed by atoms with Crippen LogP contribution < -0.4 is 10.7 Å². The molecule has 0 saturated carbocycles. The number of aromatic nitrogens is 1. The van der Waals surface area contributed by atoms with Crippen LogP contribution in [-0.2, 0) is 17.9 Å². The molecule has 1 aromatic heterocycles. The van der Waals surface area contributed by atoms with Gasteiger partial charge in [0.25, 0.3) is 5.91 Å². The number of nitrogens with zero attached hydrogens (tertiary/aromatic N) is 1. The third-order valence-corrected chi connectivity index (χ3v) is 5.36. The topological polar surface area (TPSA) is 109 Å². The number of aliphatic carboxylic acids is 1. The van der Waals surface area contributed by atoms with E-state index < -0.39 is 23.9 Å². The highest BCUT2D eigenvalue weighted by Crippen LogP contribution is 2.25. The molecule has 1 amide bonds. The zero-order valence-corrected chi connectivity index (χ0v) is 17.7. The van der Waals surface area contributed by atoms with E-state index in [0.717, 1.165) is 22.3 Å². The Balaban J connectivity index is 1.87. The van der Waals surface area contributed by atoms with Crippen LogP contribution in [0.4, 0.5) is 0 Å². The quantitative estimate of drug-likeness (QED) is 0.408. The molecule has 0 fully saturated rings. The van der Waals surface area contributed by atoms with E-state index in [9.17, 15) is 19.5 Å². The Bertz CT molecular complexity index is 1390. The van der Waals surface area contributed by atoms with Crippen molar-refractivity contribution >= 4 is 22.8 Å². The average Bonchev–Trinajstić information content (AvgIpc) is 2.84. The molecule has 0 aliphatic heterocycles. The first kappa shape index (κ1) is 22.0. The van der Waals surface area contributed by atoms with Gasteiger partial charge in [0.05, 0.1) is 12.1 Å². The fraction of sp³-hybridized carbons (Fsp3) is 0.115. The first-order valence-corrected chi connectivity index (χ1v) is 10.4. The minimum atomic E-state index is -1.19. The number of carbonyl (C=O) groups is 2. The van der Waals surface area contributed by atoms with Gasteiger partial charge in [-0.05, 0) is 40.5 Å². The van der Waals surface area contributed by atoms with Gasteiger partial charge in [0.15, 0.2) is 0 Å². The summed E-state index contributed by atoms with van der Waals surface area (Å²) in [5, 5.41) is 21.0. The molecule has 1 heterocycles. The van der Waals surface area contributed by atoms with Crippen molar-refractivity contribution in [1.29, 1.82) is 0 Å². The van der Waals surface area contributed by atoms with Gasteiger partial charge >= 0.3 is 5.97 Å². The number of benzene rings is 3. The number of fused-ring (bicyclic) bond motifs is 1. The summed E-state index contributed by atoms with van der Waals surface area (Å²) in [4.78, 5) is 36.8. The van der Waals surface area contributed by atoms with E-state index in [-0.39, 0.29) is 12.2 Å². The normalized spacial score (nSPS) is 10.8.